The van der Waals surface area contributed by atoms with Crippen LogP contribution in [0.4, 0.5) is 10.2 Å². The predicted molar refractivity (Wildman–Crippen MR) is 133 cm³/mol. The summed E-state index contributed by atoms with van der Waals surface area (Å²) in [5.41, 5.74) is 2.43. The zero-order valence-electron chi connectivity index (χ0n) is 19.9. The average molecular weight is 456 g/mol. The summed E-state index contributed by atoms with van der Waals surface area (Å²) in [5, 5.41) is 3.95. The second-order valence-corrected chi connectivity index (χ2v) is 10.4. The lowest BCUT2D eigenvalue weighted by Crippen LogP contribution is -2.37. The molecule has 5 heteroatoms. The Morgan fingerprint density at radius 1 is 1.06 bits per heavy atom. The Bertz CT molecular complexity index is 1270. The molecule has 3 aromatic rings. The molecule has 2 heterocycles. The summed E-state index contributed by atoms with van der Waals surface area (Å²) in [6, 6.07) is 10.6. The van der Waals surface area contributed by atoms with Crippen molar-refractivity contribution >= 4 is 22.6 Å². The van der Waals surface area contributed by atoms with Gasteiger partial charge in [0.25, 0.3) is 0 Å². The van der Waals surface area contributed by atoms with Crippen LogP contribution in [-0.2, 0) is 4.79 Å². The maximum Gasteiger partial charge on any atom is 0.231 e. The molecule has 2 aliphatic rings. The standard InChI is InChI=1S/C29H30FN3O/c1-4-5-18-6-9-27(32-17-18)33-28(34)29(2,3)22-14-19-12-21(13-20(19)15-22)24-10-11-31-26-8-7-23(30)16-25(24)26/h6-11,16-17,19-22H,12-15H2,1-3H3,(H,32,33,34)/t19-,20?,21?,22?/m1/s1. The molecule has 4 nitrogen and oxygen atoms in total. The molecule has 2 fully saturated rings. The number of nitrogens with one attached hydrogen (secondary N) is 1. The first-order valence-electron chi connectivity index (χ1n) is 12.1. The molecule has 0 radical (unpaired) electrons. The van der Waals surface area contributed by atoms with Gasteiger partial charge in [-0.3, -0.25) is 9.78 Å². The minimum Gasteiger partial charge on any atom is -0.310 e. The van der Waals surface area contributed by atoms with Gasteiger partial charge in [-0.05, 0) is 98.2 Å². The Morgan fingerprint density at radius 3 is 2.50 bits per heavy atom. The number of fused-ring (bicyclic) bond motifs is 2. The number of carbonyl (C=O) groups excluding carboxylic acids is 1. The second-order valence-electron chi connectivity index (χ2n) is 10.4. The number of aromatic nitrogens is 2. The first-order chi connectivity index (χ1) is 16.3. The molecule has 1 N–H and O–H groups in total. The van der Waals surface area contributed by atoms with E-state index in [0.717, 1.165) is 42.1 Å². The van der Waals surface area contributed by atoms with E-state index in [1.807, 2.05) is 18.3 Å². The van der Waals surface area contributed by atoms with Crippen molar-refractivity contribution in [2.75, 3.05) is 5.32 Å². The third-order valence-electron chi connectivity index (χ3n) is 8.07. The van der Waals surface area contributed by atoms with E-state index in [1.165, 1.54) is 11.6 Å². The minimum absolute atomic E-state index is 0.0199. The van der Waals surface area contributed by atoms with Crippen LogP contribution in [0.5, 0.6) is 0 Å². The van der Waals surface area contributed by atoms with E-state index in [2.05, 4.69) is 47.0 Å². The molecule has 1 amide bonds. The van der Waals surface area contributed by atoms with Crippen LogP contribution in [0.1, 0.15) is 63.5 Å². The van der Waals surface area contributed by atoms with Gasteiger partial charge in [0.05, 0.1) is 5.52 Å². The lowest BCUT2D eigenvalue weighted by molar-refractivity contribution is -0.126. The Morgan fingerprint density at radius 2 is 1.82 bits per heavy atom. The van der Waals surface area contributed by atoms with Gasteiger partial charge in [0, 0.05) is 28.8 Å². The smallest absolute Gasteiger partial charge is 0.231 e. The van der Waals surface area contributed by atoms with E-state index in [9.17, 15) is 9.18 Å². The molecule has 0 saturated heterocycles. The quantitative estimate of drug-likeness (QED) is 0.468. The van der Waals surface area contributed by atoms with Crippen molar-refractivity contribution in [2.45, 2.75) is 52.4 Å². The Kier molecular flexibility index (Phi) is 5.85. The number of rotatable bonds is 4. The summed E-state index contributed by atoms with van der Waals surface area (Å²) in [5.74, 6) is 8.15. The summed E-state index contributed by atoms with van der Waals surface area (Å²) in [6.07, 6.45) is 7.82. The molecule has 2 aliphatic carbocycles. The average Bonchev–Trinajstić information content (AvgIpc) is 3.40. The number of amides is 1. The van der Waals surface area contributed by atoms with Crippen molar-refractivity contribution in [3.05, 3.63) is 65.7 Å². The van der Waals surface area contributed by atoms with Gasteiger partial charge >= 0.3 is 0 Å². The van der Waals surface area contributed by atoms with Crippen molar-refractivity contribution in [2.24, 2.45) is 23.2 Å². The summed E-state index contributed by atoms with van der Waals surface area (Å²) in [7, 11) is 0. The summed E-state index contributed by atoms with van der Waals surface area (Å²) in [6.45, 7) is 5.90. The summed E-state index contributed by atoms with van der Waals surface area (Å²) >= 11 is 0. The van der Waals surface area contributed by atoms with Crippen molar-refractivity contribution in [3.63, 3.8) is 0 Å². The molecule has 2 saturated carbocycles. The molecule has 2 aromatic heterocycles. The fourth-order valence-corrected chi connectivity index (χ4v) is 6.10. The fourth-order valence-electron chi connectivity index (χ4n) is 6.10. The highest BCUT2D eigenvalue weighted by atomic mass is 19.1. The van der Waals surface area contributed by atoms with Crippen molar-refractivity contribution in [1.29, 1.82) is 0 Å². The molecular weight excluding hydrogens is 425 g/mol. The number of hydrogen-bond donors (Lipinski definition) is 1. The number of halogens is 1. The SMILES string of the molecule is CC#Cc1ccc(NC(=O)C(C)(C)C2CC3CC(c4ccnc5ccc(F)cc45)C[C@@H]3C2)nc1. The third kappa shape index (κ3) is 4.18. The first kappa shape index (κ1) is 22.5. The van der Waals surface area contributed by atoms with Crippen LogP contribution in [0.15, 0.2) is 48.8 Å². The van der Waals surface area contributed by atoms with E-state index in [1.54, 1.807) is 25.3 Å². The largest absolute Gasteiger partial charge is 0.310 e. The van der Waals surface area contributed by atoms with Crippen molar-refractivity contribution in [3.8, 4) is 11.8 Å². The monoisotopic (exact) mass is 455 g/mol. The number of carbonyl (C=O) groups is 1. The van der Waals surface area contributed by atoms with Crippen LogP contribution >= 0.6 is 0 Å². The maximum absolute atomic E-state index is 13.9. The zero-order valence-corrected chi connectivity index (χ0v) is 19.9. The van der Waals surface area contributed by atoms with Gasteiger partial charge in [0.1, 0.15) is 11.6 Å². The van der Waals surface area contributed by atoms with Gasteiger partial charge in [-0.15, -0.1) is 5.92 Å². The molecule has 0 aliphatic heterocycles. The Balaban J connectivity index is 1.25. The number of hydrogen-bond acceptors (Lipinski definition) is 3. The highest BCUT2D eigenvalue weighted by Crippen LogP contribution is 2.56. The predicted octanol–water partition coefficient (Wildman–Crippen LogP) is 6.33. The Hall–Kier alpha value is -3.26. The van der Waals surface area contributed by atoms with Gasteiger partial charge in [-0.1, -0.05) is 19.8 Å². The van der Waals surface area contributed by atoms with Crippen molar-refractivity contribution < 1.29 is 9.18 Å². The van der Waals surface area contributed by atoms with Gasteiger partial charge < -0.3 is 5.32 Å². The lowest BCUT2D eigenvalue weighted by Gasteiger charge is -2.31. The zero-order chi connectivity index (χ0) is 23.9. The first-order valence-corrected chi connectivity index (χ1v) is 12.1. The molecule has 0 bridgehead atoms. The summed E-state index contributed by atoms with van der Waals surface area (Å²) < 4.78 is 13.9. The number of anilines is 1. The normalized spacial score (nSPS) is 23.9. The number of nitrogens with zero attached hydrogens (tertiary/aromatic N) is 2. The van der Waals surface area contributed by atoms with Crippen LogP contribution in [0.25, 0.3) is 10.9 Å². The number of pyridine rings is 2. The minimum atomic E-state index is -0.476. The van der Waals surface area contributed by atoms with Crippen LogP contribution < -0.4 is 5.32 Å². The fraction of sp³-hybridized carbons (Fsp3) is 0.414. The number of benzene rings is 1. The van der Waals surface area contributed by atoms with Gasteiger partial charge in [-0.2, -0.15) is 0 Å². The molecule has 4 atom stereocenters. The van der Waals surface area contributed by atoms with Crippen LogP contribution in [0.2, 0.25) is 0 Å². The molecule has 3 unspecified atom stereocenters. The van der Waals surface area contributed by atoms with E-state index in [0.29, 0.717) is 29.5 Å². The van der Waals surface area contributed by atoms with Gasteiger partial charge in [-0.25, -0.2) is 9.37 Å². The molecule has 174 valence electrons. The Labute approximate surface area is 200 Å². The van der Waals surface area contributed by atoms with E-state index >= 15 is 0 Å². The van der Waals surface area contributed by atoms with E-state index in [-0.39, 0.29) is 11.7 Å². The molecule has 0 spiro atoms. The van der Waals surface area contributed by atoms with Crippen LogP contribution in [-0.4, -0.2) is 15.9 Å². The molecule has 1 aromatic carbocycles. The maximum atomic E-state index is 13.9. The van der Waals surface area contributed by atoms with Crippen LogP contribution in [0, 0.1) is 40.8 Å². The van der Waals surface area contributed by atoms with Gasteiger partial charge in [0.2, 0.25) is 5.91 Å². The van der Waals surface area contributed by atoms with Gasteiger partial charge in [0.15, 0.2) is 0 Å². The van der Waals surface area contributed by atoms with E-state index in [4.69, 9.17) is 0 Å². The van der Waals surface area contributed by atoms with E-state index < -0.39 is 5.41 Å². The summed E-state index contributed by atoms with van der Waals surface area (Å²) in [4.78, 5) is 22.0. The molecular formula is C29H30FN3O. The van der Waals surface area contributed by atoms with Crippen LogP contribution in [0.3, 0.4) is 0 Å². The third-order valence-corrected chi connectivity index (χ3v) is 8.07. The molecule has 34 heavy (non-hydrogen) atoms. The topological polar surface area (TPSA) is 54.9 Å². The second kappa shape index (κ2) is 8.83. The highest BCUT2D eigenvalue weighted by molar-refractivity contribution is 5.94. The lowest BCUT2D eigenvalue weighted by atomic mass is 9.75. The molecule has 5 rings (SSSR count). The highest BCUT2D eigenvalue weighted by Gasteiger charge is 2.49. The van der Waals surface area contributed by atoms with Crippen molar-refractivity contribution in [1.82, 2.24) is 9.97 Å².